The molecule has 0 amide bonds. The number of aliphatic carboxylic acids is 1. The highest BCUT2D eigenvalue weighted by molar-refractivity contribution is 6.16. The average Bonchev–Trinajstić information content (AvgIpc) is 2.49. The van der Waals surface area contributed by atoms with Crippen LogP contribution in [0.5, 0.6) is 0 Å². The van der Waals surface area contributed by atoms with Crippen molar-refractivity contribution in [3.8, 4) is 0 Å². The van der Waals surface area contributed by atoms with Gasteiger partial charge < -0.3 is 10.1 Å². The number of fused-ring (bicyclic) bond motifs is 1. The predicted molar refractivity (Wildman–Crippen MR) is 44.7 cm³/mol. The molecule has 1 aromatic heterocycles. The normalized spacial score (nSPS) is 15.2. The summed E-state index contributed by atoms with van der Waals surface area (Å²) in [5.74, 6) is -0.837. The van der Waals surface area contributed by atoms with Crippen LogP contribution in [0.15, 0.2) is 18.3 Å². The lowest BCUT2D eigenvalue weighted by atomic mass is 9.97. The summed E-state index contributed by atoms with van der Waals surface area (Å²) < 4.78 is 0. The van der Waals surface area contributed by atoms with Gasteiger partial charge in [-0.2, -0.15) is 0 Å². The van der Waals surface area contributed by atoms with Crippen molar-refractivity contribution in [2.45, 2.75) is 12.8 Å². The average molecular weight is 163 g/mol. The van der Waals surface area contributed by atoms with E-state index in [1.807, 2.05) is 6.07 Å². The van der Waals surface area contributed by atoms with Crippen LogP contribution in [0.1, 0.15) is 17.7 Å². The molecule has 0 saturated heterocycles. The van der Waals surface area contributed by atoms with Crippen molar-refractivity contribution in [3.63, 3.8) is 0 Å². The summed E-state index contributed by atoms with van der Waals surface area (Å²) in [4.78, 5) is 13.8. The Morgan fingerprint density at radius 2 is 2.42 bits per heavy atom. The minimum atomic E-state index is -0.837. The van der Waals surface area contributed by atoms with Gasteiger partial charge >= 0.3 is 5.97 Å². The lowest BCUT2D eigenvalue weighted by Gasteiger charge is -2.09. The van der Waals surface area contributed by atoms with Gasteiger partial charge in [-0.25, -0.2) is 4.79 Å². The van der Waals surface area contributed by atoms with Crippen molar-refractivity contribution >= 4 is 11.5 Å². The van der Waals surface area contributed by atoms with Gasteiger partial charge in [0.1, 0.15) is 0 Å². The third-order valence-electron chi connectivity index (χ3n) is 2.10. The molecule has 0 aromatic carbocycles. The molecular weight excluding hydrogens is 154 g/mol. The zero-order valence-electron chi connectivity index (χ0n) is 6.50. The first kappa shape index (κ1) is 7.16. The monoisotopic (exact) mass is 163 g/mol. The zero-order chi connectivity index (χ0) is 8.55. The van der Waals surface area contributed by atoms with E-state index < -0.39 is 5.97 Å². The van der Waals surface area contributed by atoms with E-state index in [9.17, 15) is 4.79 Å². The number of allylic oxidation sites excluding steroid dienone is 1. The molecule has 1 aliphatic carbocycles. The zero-order valence-corrected chi connectivity index (χ0v) is 6.50. The molecule has 0 fully saturated rings. The van der Waals surface area contributed by atoms with Crippen molar-refractivity contribution in [2.24, 2.45) is 0 Å². The molecule has 1 aromatic rings. The summed E-state index contributed by atoms with van der Waals surface area (Å²) in [6, 6.07) is 1.81. The number of aromatic nitrogens is 1. The molecule has 0 atom stereocenters. The Labute approximate surface area is 69.7 Å². The molecule has 0 bridgehead atoms. The van der Waals surface area contributed by atoms with Crippen LogP contribution in [0.25, 0.3) is 5.57 Å². The highest BCUT2D eigenvalue weighted by Gasteiger charge is 2.17. The Hall–Kier alpha value is -1.51. The van der Waals surface area contributed by atoms with Crippen LogP contribution in [-0.2, 0) is 11.2 Å². The fraction of sp³-hybridized carbons (Fsp3) is 0.222. The summed E-state index contributed by atoms with van der Waals surface area (Å²) in [5, 5.41) is 8.82. The van der Waals surface area contributed by atoms with Gasteiger partial charge in [-0.15, -0.1) is 0 Å². The van der Waals surface area contributed by atoms with Crippen molar-refractivity contribution in [2.75, 3.05) is 0 Å². The van der Waals surface area contributed by atoms with Gasteiger partial charge in [0.2, 0.25) is 0 Å². The van der Waals surface area contributed by atoms with E-state index in [-0.39, 0.29) is 0 Å². The minimum Gasteiger partial charge on any atom is -0.478 e. The van der Waals surface area contributed by atoms with Crippen LogP contribution in [0.4, 0.5) is 0 Å². The number of nitrogens with one attached hydrogen (secondary N) is 1. The Kier molecular flexibility index (Phi) is 1.50. The van der Waals surface area contributed by atoms with Crippen LogP contribution in [0.2, 0.25) is 0 Å². The molecule has 62 valence electrons. The maximum Gasteiger partial charge on any atom is 0.336 e. The molecule has 12 heavy (non-hydrogen) atoms. The first-order valence-corrected chi connectivity index (χ1v) is 3.89. The second kappa shape index (κ2) is 2.52. The van der Waals surface area contributed by atoms with Gasteiger partial charge in [0.15, 0.2) is 0 Å². The number of carboxylic acid groups (broad SMARTS) is 1. The number of carbonyl (C=O) groups is 1. The van der Waals surface area contributed by atoms with Crippen molar-refractivity contribution in [3.05, 3.63) is 29.6 Å². The van der Waals surface area contributed by atoms with Gasteiger partial charge in [0, 0.05) is 17.5 Å². The van der Waals surface area contributed by atoms with Gasteiger partial charge in [-0.05, 0) is 18.9 Å². The molecule has 0 unspecified atom stereocenters. The second-order valence-corrected chi connectivity index (χ2v) is 2.83. The largest absolute Gasteiger partial charge is 0.478 e. The number of hydrogen-bond donors (Lipinski definition) is 2. The Morgan fingerprint density at radius 3 is 3.17 bits per heavy atom. The molecule has 0 spiro atoms. The molecule has 3 heteroatoms. The fourth-order valence-corrected chi connectivity index (χ4v) is 1.54. The maximum atomic E-state index is 10.7. The first-order valence-electron chi connectivity index (χ1n) is 3.89. The predicted octanol–water partition coefficient (Wildman–Crippen LogP) is 1.43. The summed E-state index contributed by atoms with van der Waals surface area (Å²) in [5.41, 5.74) is 2.31. The van der Waals surface area contributed by atoms with Gasteiger partial charge in [-0.1, -0.05) is 6.08 Å². The molecule has 1 heterocycles. The number of aryl methyl sites for hydroxylation is 1. The third kappa shape index (κ3) is 0.942. The lowest BCUT2D eigenvalue weighted by Crippen LogP contribution is -2.05. The van der Waals surface area contributed by atoms with Crippen LogP contribution in [0.3, 0.4) is 0 Å². The molecule has 0 radical (unpaired) electrons. The summed E-state index contributed by atoms with van der Waals surface area (Å²) >= 11 is 0. The van der Waals surface area contributed by atoms with E-state index >= 15 is 0 Å². The quantitative estimate of drug-likeness (QED) is 0.658. The minimum absolute atomic E-state index is 0.428. The Balaban J connectivity index is 2.50. The number of rotatable bonds is 1. The van der Waals surface area contributed by atoms with Gasteiger partial charge in [0.05, 0.1) is 5.57 Å². The molecule has 3 nitrogen and oxygen atoms in total. The van der Waals surface area contributed by atoms with Crippen molar-refractivity contribution in [1.82, 2.24) is 4.98 Å². The number of H-pyrrole nitrogens is 1. The van der Waals surface area contributed by atoms with Crippen LogP contribution in [0, 0.1) is 0 Å². The number of carboxylic acids is 1. The number of hydrogen-bond acceptors (Lipinski definition) is 1. The van der Waals surface area contributed by atoms with E-state index in [0.717, 1.165) is 24.1 Å². The van der Waals surface area contributed by atoms with E-state index in [2.05, 4.69) is 4.98 Å². The molecule has 0 aliphatic heterocycles. The Morgan fingerprint density at radius 1 is 1.58 bits per heavy atom. The summed E-state index contributed by atoms with van der Waals surface area (Å²) in [6.07, 6.45) is 5.29. The smallest absolute Gasteiger partial charge is 0.336 e. The third-order valence-corrected chi connectivity index (χ3v) is 2.10. The van der Waals surface area contributed by atoms with Crippen LogP contribution >= 0.6 is 0 Å². The SMILES string of the molecule is O=C(O)C1=CCCc2[nH]ccc21. The maximum absolute atomic E-state index is 10.7. The van der Waals surface area contributed by atoms with Crippen LogP contribution in [-0.4, -0.2) is 16.1 Å². The van der Waals surface area contributed by atoms with Crippen molar-refractivity contribution in [1.29, 1.82) is 0 Å². The van der Waals surface area contributed by atoms with Gasteiger partial charge in [0.25, 0.3) is 0 Å². The van der Waals surface area contributed by atoms with Gasteiger partial charge in [-0.3, -0.25) is 0 Å². The Bertz CT molecular complexity index is 349. The second-order valence-electron chi connectivity index (χ2n) is 2.83. The fourth-order valence-electron chi connectivity index (χ4n) is 1.54. The summed E-state index contributed by atoms with van der Waals surface area (Å²) in [7, 11) is 0. The van der Waals surface area contributed by atoms with E-state index in [1.54, 1.807) is 12.3 Å². The van der Waals surface area contributed by atoms with Crippen molar-refractivity contribution < 1.29 is 9.90 Å². The number of aromatic amines is 1. The highest BCUT2D eigenvalue weighted by atomic mass is 16.4. The summed E-state index contributed by atoms with van der Waals surface area (Å²) in [6.45, 7) is 0. The van der Waals surface area contributed by atoms with E-state index in [1.165, 1.54) is 0 Å². The molecular formula is C9H9NO2. The standard InChI is InChI=1S/C9H9NO2/c11-9(12)7-2-1-3-8-6(7)4-5-10-8/h2,4-5,10H,1,3H2,(H,11,12). The molecule has 0 saturated carbocycles. The van der Waals surface area contributed by atoms with E-state index in [0.29, 0.717) is 5.57 Å². The van der Waals surface area contributed by atoms with Crippen LogP contribution < -0.4 is 0 Å². The molecule has 2 rings (SSSR count). The van der Waals surface area contributed by atoms with E-state index in [4.69, 9.17) is 5.11 Å². The highest BCUT2D eigenvalue weighted by Crippen LogP contribution is 2.25. The lowest BCUT2D eigenvalue weighted by molar-refractivity contribution is -0.130. The molecule has 1 aliphatic rings. The molecule has 2 N–H and O–H groups in total. The first-order chi connectivity index (χ1) is 5.79. The topological polar surface area (TPSA) is 53.1 Å².